The largest absolute Gasteiger partial charge is 0.196 e. The van der Waals surface area contributed by atoms with Gasteiger partial charge in [-0.1, -0.05) is 118 Å². The van der Waals surface area contributed by atoms with Gasteiger partial charge in [-0.2, -0.15) is 0 Å². The van der Waals surface area contributed by atoms with Gasteiger partial charge in [0.05, 0.1) is 0 Å². The molecule has 0 spiro atoms. The van der Waals surface area contributed by atoms with E-state index in [4.69, 9.17) is 0 Å². The second kappa shape index (κ2) is 8.36. The van der Waals surface area contributed by atoms with E-state index in [0.29, 0.717) is 28.8 Å². The van der Waals surface area contributed by atoms with E-state index in [0.717, 1.165) is 0 Å². The lowest BCUT2D eigenvalue weighted by Gasteiger charge is -2.47. The summed E-state index contributed by atoms with van der Waals surface area (Å²) in [5.74, 6) is 1.03. The first-order chi connectivity index (χ1) is 19.9. The van der Waals surface area contributed by atoms with E-state index < -0.39 is 0 Å². The lowest BCUT2D eigenvalue weighted by atomic mass is 9.28. The normalized spacial score (nSPS) is 25.7. The molecule has 2 aliphatic carbocycles. The topological polar surface area (TPSA) is 0 Å². The number of hydrogen-bond acceptors (Lipinski definition) is 2. The molecular formula is C38H33BS2. The summed E-state index contributed by atoms with van der Waals surface area (Å²) in [6.45, 7) is 10.5. The summed E-state index contributed by atoms with van der Waals surface area (Å²) in [6, 6.07) is 39.6. The minimum Gasteiger partial charge on any atom is -0.122 e. The molecule has 4 atom stereocenters. The van der Waals surface area contributed by atoms with Gasteiger partial charge in [0.2, 0.25) is 0 Å². The van der Waals surface area contributed by atoms with Gasteiger partial charge in [-0.15, -0.1) is 23.5 Å². The van der Waals surface area contributed by atoms with Gasteiger partial charge in [-0.25, -0.2) is 0 Å². The van der Waals surface area contributed by atoms with Crippen LogP contribution in [0.5, 0.6) is 0 Å². The standard InChI is InChI=1S/C38H33BS2/c1-37(2)28-17-9-8-15-25(28)32-35(37)40-30-18-11-19-31-34(30)39(32)33-27-20-23-14-10-16-24(22-12-6-5-7-13-22)26(23)21-29(27)38(3,4)36(33)41-31/h5-21,32-33,35-36H,1-4H3. The van der Waals surface area contributed by atoms with Crippen LogP contribution in [0.2, 0.25) is 0 Å². The molecule has 0 bridgehead atoms. The summed E-state index contributed by atoms with van der Waals surface area (Å²) in [5.41, 5.74) is 10.8. The van der Waals surface area contributed by atoms with E-state index in [1.54, 1.807) is 27.7 Å². The van der Waals surface area contributed by atoms with Crippen molar-refractivity contribution < 1.29 is 0 Å². The molecule has 41 heavy (non-hydrogen) atoms. The summed E-state index contributed by atoms with van der Waals surface area (Å²) >= 11 is 4.33. The first-order valence-electron chi connectivity index (χ1n) is 15.0. The molecule has 2 heterocycles. The highest BCUT2D eigenvalue weighted by Gasteiger charge is 2.62. The maximum Gasteiger partial charge on any atom is 0.196 e. The Kier molecular flexibility index (Phi) is 5.04. The first kappa shape index (κ1) is 24.7. The third kappa shape index (κ3) is 3.17. The zero-order valence-corrected chi connectivity index (χ0v) is 25.7. The lowest BCUT2D eigenvalue weighted by molar-refractivity contribution is 0.512. The molecule has 0 fully saturated rings. The highest BCUT2D eigenvalue weighted by molar-refractivity contribution is 8.01. The minimum absolute atomic E-state index is 0.0735. The van der Waals surface area contributed by atoms with Crippen molar-refractivity contribution in [2.24, 2.45) is 0 Å². The fourth-order valence-corrected chi connectivity index (χ4v) is 12.5. The molecule has 5 aromatic carbocycles. The molecule has 0 saturated carbocycles. The monoisotopic (exact) mass is 564 g/mol. The van der Waals surface area contributed by atoms with Crippen LogP contribution in [0.3, 0.4) is 0 Å². The molecule has 0 aromatic heterocycles. The molecule has 0 nitrogen and oxygen atoms in total. The molecule has 3 heteroatoms. The average Bonchev–Trinajstić information content (AvgIpc) is 3.35. The van der Waals surface area contributed by atoms with E-state index in [2.05, 4.69) is 154 Å². The number of rotatable bonds is 1. The third-order valence-corrected chi connectivity index (χ3v) is 14.4. The molecule has 2 aliphatic heterocycles. The molecule has 200 valence electrons. The van der Waals surface area contributed by atoms with E-state index in [9.17, 15) is 0 Å². The highest BCUT2D eigenvalue weighted by Crippen LogP contribution is 2.64. The SMILES string of the molecule is CC1(C)c2ccccc2C2B3c4c(cccc4SC4C3c3cc5cccc(-c6ccccc6)c5cc3C4(C)C)SC21. The average molecular weight is 565 g/mol. The third-order valence-electron chi connectivity index (χ3n) is 10.9. The van der Waals surface area contributed by atoms with Crippen molar-refractivity contribution in [3.05, 3.63) is 125 Å². The fraction of sp³-hybridized carbons (Fsp3) is 0.263. The molecule has 4 unspecified atom stereocenters. The molecule has 4 aliphatic rings. The van der Waals surface area contributed by atoms with Crippen LogP contribution in [0.4, 0.5) is 0 Å². The fourth-order valence-electron chi connectivity index (χ4n) is 9.07. The van der Waals surface area contributed by atoms with Gasteiger partial charge < -0.3 is 0 Å². The van der Waals surface area contributed by atoms with Gasteiger partial charge >= 0.3 is 0 Å². The maximum absolute atomic E-state index is 2.60. The van der Waals surface area contributed by atoms with E-state index in [1.165, 1.54) is 31.7 Å². The van der Waals surface area contributed by atoms with Crippen molar-refractivity contribution in [2.45, 2.75) is 70.5 Å². The molecule has 0 amide bonds. The summed E-state index contributed by atoms with van der Waals surface area (Å²) in [7, 11) is 0. The Bertz CT molecular complexity index is 1890. The Morgan fingerprint density at radius 3 is 1.98 bits per heavy atom. The van der Waals surface area contributed by atoms with Crippen molar-refractivity contribution in [1.82, 2.24) is 0 Å². The number of fused-ring (bicyclic) bond motifs is 9. The van der Waals surface area contributed by atoms with Gasteiger partial charge in [0, 0.05) is 31.1 Å². The lowest BCUT2D eigenvalue weighted by Crippen LogP contribution is -2.56. The summed E-state index contributed by atoms with van der Waals surface area (Å²) in [4.78, 5) is 3.05. The smallest absolute Gasteiger partial charge is 0.122 e. The van der Waals surface area contributed by atoms with Crippen LogP contribution in [-0.4, -0.2) is 17.2 Å². The van der Waals surface area contributed by atoms with Crippen LogP contribution in [-0.2, 0) is 10.8 Å². The van der Waals surface area contributed by atoms with E-state index in [-0.39, 0.29) is 10.8 Å². The van der Waals surface area contributed by atoms with Crippen molar-refractivity contribution in [1.29, 1.82) is 0 Å². The Morgan fingerprint density at radius 2 is 1.22 bits per heavy atom. The van der Waals surface area contributed by atoms with Crippen molar-refractivity contribution in [3.63, 3.8) is 0 Å². The van der Waals surface area contributed by atoms with Gasteiger partial charge in [0.1, 0.15) is 0 Å². The van der Waals surface area contributed by atoms with E-state index in [1.807, 2.05) is 0 Å². The summed E-state index contributed by atoms with van der Waals surface area (Å²) in [6.07, 6.45) is 0. The highest BCUT2D eigenvalue weighted by atomic mass is 32.2. The molecule has 0 saturated heterocycles. The first-order valence-corrected chi connectivity index (χ1v) is 16.8. The maximum atomic E-state index is 2.60. The number of benzene rings is 5. The molecule has 5 aromatic rings. The second-order valence-electron chi connectivity index (χ2n) is 13.7. The second-order valence-corrected chi connectivity index (χ2v) is 16.1. The van der Waals surface area contributed by atoms with E-state index >= 15 is 0 Å². The molecule has 0 radical (unpaired) electrons. The molecule has 0 N–H and O–H groups in total. The van der Waals surface area contributed by atoms with Gasteiger partial charge in [0.25, 0.3) is 0 Å². The van der Waals surface area contributed by atoms with Gasteiger partial charge in [0.15, 0.2) is 6.71 Å². The van der Waals surface area contributed by atoms with Gasteiger partial charge in [-0.05, 0) is 74.0 Å². The van der Waals surface area contributed by atoms with Crippen LogP contribution < -0.4 is 5.46 Å². The summed E-state index contributed by atoms with van der Waals surface area (Å²) in [5, 5.41) is 3.83. The van der Waals surface area contributed by atoms with Crippen LogP contribution >= 0.6 is 23.5 Å². The Hall–Kier alpha value is -2.88. The van der Waals surface area contributed by atoms with Crippen LogP contribution in [0.15, 0.2) is 113 Å². The Balaban J connectivity index is 1.31. The van der Waals surface area contributed by atoms with Crippen molar-refractivity contribution in [3.8, 4) is 11.1 Å². The predicted octanol–water partition coefficient (Wildman–Crippen LogP) is 9.39. The molecular weight excluding hydrogens is 531 g/mol. The van der Waals surface area contributed by atoms with Crippen molar-refractivity contribution in [2.75, 3.05) is 0 Å². The number of hydrogen-bond donors (Lipinski definition) is 0. The Morgan fingerprint density at radius 1 is 0.585 bits per heavy atom. The molecule has 9 rings (SSSR count). The quantitative estimate of drug-likeness (QED) is 0.186. The van der Waals surface area contributed by atoms with Gasteiger partial charge in [-0.3, -0.25) is 0 Å². The minimum atomic E-state index is 0.0735. The Labute approximate surface area is 252 Å². The van der Waals surface area contributed by atoms with Crippen LogP contribution in [0.25, 0.3) is 21.9 Å². The zero-order chi connectivity index (χ0) is 27.7. The van der Waals surface area contributed by atoms with Crippen LogP contribution in [0.1, 0.15) is 61.6 Å². The zero-order valence-electron chi connectivity index (χ0n) is 24.0. The predicted molar refractivity (Wildman–Crippen MR) is 178 cm³/mol. The summed E-state index contributed by atoms with van der Waals surface area (Å²) < 4.78 is 0. The van der Waals surface area contributed by atoms with Crippen molar-refractivity contribution >= 4 is 46.5 Å². The number of thioether (sulfide) groups is 2. The van der Waals surface area contributed by atoms with Crippen LogP contribution in [0, 0.1) is 0 Å².